The normalized spacial score (nSPS) is 13.5. The van der Waals surface area contributed by atoms with Crippen LogP contribution in [0.3, 0.4) is 0 Å². The number of Topliss-reactive ketones (excluding diaryl/α,β-unsaturated/α-hetero) is 1. The van der Waals surface area contributed by atoms with Crippen molar-refractivity contribution in [1.82, 2.24) is 20.3 Å². The van der Waals surface area contributed by atoms with Crippen LogP contribution in [0.2, 0.25) is 0 Å². The molecule has 0 bridgehead atoms. The molecule has 1 aromatic rings. The quantitative estimate of drug-likeness (QED) is 0.752. The van der Waals surface area contributed by atoms with E-state index in [4.69, 9.17) is 4.74 Å². The van der Waals surface area contributed by atoms with Crippen LogP contribution in [-0.4, -0.2) is 41.0 Å². The molecular weight excluding hydrogens is 244 g/mol. The molecule has 0 radical (unpaired) electrons. The Morgan fingerprint density at radius 3 is 2.74 bits per heavy atom. The summed E-state index contributed by atoms with van der Waals surface area (Å²) in [6, 6.07) is -0.300. The van der Waals surface area contributed by atoms with Gasteiger partial charge in [0.05, 0.1) is 19.4 Å². The number of carbonyl (C=O) groups excluding carboxylic acids is 1. The summed E-state index contributed by atoms with van der Waals surface area (Å²) in [4.78, 5) is 11.8. The number of hydrogen-bond donors (Lipinski definition) is 1. The van der Waals surface area contributed by atoms with Gasteiger partial charge in [-0.25, -0.2) is 4.68 Å². The zero-order valence-electron chi connectivity index (χ0n) is 12.4. The molecule has 0 amide bonds. The molecule has 19 heavy (non-hydrogen) atoms. The van der Waals surface area contributed by atoms with Gasteiger partial charge in [-0.2, -0.15) is 0 Å². The first-order valence-electron chi connectivity index (χ1n) is 6.49. The minimum Gasteiger partial charge on any atom is -0.374 e. The van der Waals surface area contributed by atoms with E-state index in [0.717, 1.165) is 12.2 Å². The number of ketones is 1. The van der Waals surface area contributed by atoms with E-state index in [1.54, 1.807) is 17.8 Å². The van der Waals surface area contributed by atoms with E-state index in [9.17, 15) is 4.79 Å². The lowest BCUT2D eigenvalue weighted by Gasteiger charge is -2.28. The standard InChI is InChI=1S/C13H24N4O2/c1-10(18)12(13(2,3)4)17-8-11(15-16-17)9-19-7-6-14-5/h8,12,14H,6-7,9H2,1-5H3/t12-/m1/s1. The molecule has 0 spiro atoms. The molecule has 6 heteroatoms. The average Bonchev–Trinajstić information content (AvgIpc) is 2.70. The van der Waals surface area contributed by atoms with Crippen molar-refractivity contribution in [3.05, 3.63) is 11.9 Å². The Balaban J connectivity index is 2.69. The van der Waals surface area contributed by atoms with Crippen LogP contribution in [0.1, 0.15) is 39.4 Å². The fraction of sp³-hybridized carbons (Fsp3) is 0.769. The smallest absolute Gasteiger partial charge is 0.154 e. The van der Waals surface area contributed by atoms with Crippen molar-refractivity contribution in [3.63, 3.8) is 0 Å². The number of likely N-dealkylation sites (N-methyl/N-ethyl adjacent to an activating group) is 1. The summed E-state index contributed by atoms with van der Waals surface area (Å²) in [5.41, 5.74) is 0.552. The van der Waals surface area contributed by atoms with Gasteiger partial charge >= 0.3 is 0 Å². The highest BCUT2D eigenvalue weighted by Crippen LogP contribution is 2.30. The third kappa shape index (κ3) is 4.72. The van der Waals surface area contributed by atoms with Gasteiger partial charge in [0.2, 0.25) is 0 Å². The lowest BCUT2D eigenvalue weighted by molar-refractivity contribution is -0.123. The third-order valence-electron chi connectivity index (χ3n) is 2.77. The summed E-state index contributed by atoms with van der Waals surface area (Å²) in [5, 5.41) is 11.1. The molecule has 1 atom stereocenters. The van der Waals surface area contributed by atoms with Gasteiger partial charge in [-0.1, -0.05) is 26.0 Å². The van der Waals surface area contributed by atoms with Crippen molar-refractivity contribution in [2.24, 2.45) is 5.41 Å². The zero-order chi connectivity index (χ0) is 14.5. The zero-order valence-corrected chi connectivity index (χ0v) is 12.4. The maximum absolute atomic E-state index is 11.8. The number of nitrogens with one attached hydrogen (secondary N) is 1. The molecule has 1 heterocycles. The van der Waals surface area contributed by atoms with E-state index in [0.29, 0.717) is 13.2 Å². The summed E-state index contributed by atoms with van der Waals surface area (Å²) < 4.78 is 7.07. The predicted molar refractivity (Wildman–Crippen MR) is 72.8 cm³/mol. The van der Waals surface area contributed by atoms with Crippen LogP contribution in [0.15, 0.2) is 6.20 Å². The summed E-state index contributed by atoms with van der Waals surface area (Å²) in [5.74, 6) is 0.0834. The van der Waals surface area contributed by atoms with Crippen molar-refractivity contribution in [2.75, 3.05) is 20.2 Å². The van der Waals surface area contributed by atoms with E-state index in [-0.39, 0.29) is 17.2 Å². The average molecular weight is 268 g/mol. The highest BCUT2D eigenvalue weighted by Gasteiger charge is 2.31. The molecule has 108 valence electrons. The Morgan fingerprint density at radius 2 is 2.21 bits per heavy atom. The van der Waals surface area contributed by atoms with Crippen molar-refractivity contribution in [1.29, 1.82) is 0 Å². The Kier molecular flexibility index (Phi) is 5.62. The number of rotatable bonds is 7. The van der Waals surface area contributed by atoms with Crippen LogP contribution >= 0.6 is 0 Å². The van der Waals surface area contributed by atoms with Crippen LogP contribution < -0.4 is 5.32 Å². The fourth-order valence-electron chi connectivity index (χ4n) is 2.05. The highest BCUT2D eigenvalue weighted by molar-refractivity contribution is 5.80. The minimum absolute atomic E-state index is 0.0834. The number of nitrogens with zero attached hydrogens (tertiary/aromatic N) is 3. The van der Waals surface area contributed by atoms with E-state index < -0.39 is 0 Å². The van der Waals surface area contributed by atoms with Gasteiger partial charge in [0.15, 0.2) is 5.78 Å². The van der Waals surface area contributed by atoms with E-state index in [1.165, 1.54) is 0 Å². The maximum atomic E-state index is 11.8. The van der Waals surface area contributed by atoms with Crippen LogP contribution in [-0.2, 0) is 16.1 Å². The van der Waals surface area contributed by atoms with Gasteiger partial charge in [0.1, 0.15) is 11.7 Å². The van der Waals surface area contributed by atoms with Crippen molar-refractivity contribution >= 4 is 5.78 Å². The van der Waals surface area contributed by atoms with Gasteiger partial charge in [-0.3, -0.25) is 4.79 Å². The van der Waals surface area contributed by atoms with Gasteiger partial charge in [0, 0.05) is 6.54 Å². The first-order chi connectivity index (χ1) is 8.86. The number of ether oxygens (including phenoxy) is 1. The van der Waals surface area contributed by atoms with E-state index in [1.807, 2.05) is 27.8 Å². The molecule has 0 aliphatic rings. The van der Waals surface area contributed by atoms with Crippen LogP contribution in [0, 0.1) is 5.41 Å². The number of hydrogen-bond acceptors (Lipinski definition) is 5. The second kappa shape index (κ2) is 6.77. The van der Waals surface area contributed by atoms with Gasteiger partial charge in [0.25, 0.3) is 0 Å². The lowest BCUT2D eigenvalue weighted by atomic mass is 9.84. The Bertz CT molecular complexity index is 409. The Morgan fingerprint density at radius 1 is 1.53 bits per heavy atom. The van der Waals surface area contributed by atoms with Gasteiger partial charge < -0.3 is 10.1 Å². The fourth-order valence-corrected chi connectivity index (χ4v) is 2.05. The topological polar surface area (TPSA) is 69.0 Å². The largest absolute Gasteiger partial charge is 0.374 e. The predicted octanol–water partition coefficient (Wildman–Crippen LogP) is 1.19. The Labute approximate surface area is 114 Å². The van der Waals surface area contributed by atoms with Crippen LogP contribution in [0.5, 0.6) is 0 Å². The molecule has 0 aliphatic heterocycles. The molecule has 0 saturated heterocycles. The monoisotopic (exact) mass is 268 g/mol. The van der Waals surface area contributed by atoms with Crippen molar-refractivity contribution in [2.45, 2.75) is 40.3 Å². The molecule has 0 saturated carbocycles. The second-order valence-corrected chi connectivity index (χ2v) is 5.73. The van der Waals surface area contributed by atoms with Gasteiger partial charge in [-0.15, -0.1) is 5.10 Å². The Hall–Kier alpha value is -1.27. The minimum atomic E-state index is -0.300. The molecule has 0 aliphatic carbocycles. The van der Waals surface area contributed by atoms with Crippen LogP contribution in [0.4, 0.5) is 0 Å². The molecular formula is C13H24N4O2. The first-order valence-corrected chi connectivity index (χ1v) is 6.49. The first kappa shape index (κ1) is 15.8. The molecule has 0 fully saturated rings. The summed E-state index contributed by atoms with van der Waals surface area (Å²) in [6.07, 6.45) is 1.79. The molecule has 0 unspecified atom stereocenters. The molecule has 1 rings (SSSR count). The van der Waals surface area contributed by atoms with E-state index in [2.05, 4.69) is 15.6 Å². The lowest BCUT2D eigenvalue weighted by Crippen LogP contribution is -2.30. The molecule has 1 aromatic heterocycles. The third-order valence-corrected chi connectivity index (χ3v) is 2.77. The maximum Gasteiger partial charge on any atom is 0.154 e. The van der Waals surface area contributed by atoms with Crippen molar-refractivity contribution < 1.29 is 9.53 Å². The SMILES string of the molecule is CNCCOCc1cn([C@H](C(C)=O)C(C)(C)C)nn1. The van der Waals surface area contributed by atoms with E-state index >= 15 is 0 Å². The summed E-state index contributed by atoms with van der Waals surface area (Å²) in [6.45, 7) is 9.47. The molecule has 0 aromatic carbocycles. The summed E-state index contributed by atoms with van der Waals surface area (Å²) in [7, 11) is 1.88. The second-order valence-electron chi connectivity index (χ2n) is 5.73. The number of aromatic nitrogens is 3. The molecule has 6 nitrogen and oxygen atoms in total. The van der Waals surface area contributed by atoms with Gasteiger partial charge in [-0.05, 0) is 19.4 Å². The number of carbonyl (C=O) groups is 1. The summed E-state index contributed by atoms with van der Waals surface area (Å²) >= 11 is 0. The highest BCUT2D eigenvalue weighted by atomic mass is 16.5. The molecule has 1 N–H and O–H groups in total. The van der Waals surface area contributed by atoms with Crippen molar-refractivity contribution in [3.8, 4) is 0 Å². The van der Waals surface area contributed by atoms with Crippen LogP contribution in [0.25, 0.3) is 0 Å².